The van der Waals surface area contributed by atoms with Crippen molar-refractivity contribution in [2.75, 3.05) is 66.4 Å². The monoisotopic (exact) mass is 404 g/mol. The van der Waals surface area contributed by atoms with Crippen molar-refractivity contribution in [3.8, 4) is 0 Å². The highest BCUT2D eigenvalue weighted by molar-refractivity contribution is 5.78. The lowest BCUT2D eigenvalue weighted by Gasteiger charge is -2.09. The molecule has 2 N–H and O–H groups in total. The molecule has 0 saturated heterocycles. The predicted octanol–water partition coefficient (Wildman–Crippen LogP) is 0.310. The highest BCUT2D eigenvalue weighted by Gasteiger charge is 2.07. The Morgan fingerprint density at radius 3 is 1.96 bits per heavy atom. The second-order valence-electron chi connectivity index (χ2n) is 6.42. The molecule has 0 spiro atoms. The lowest BCUT2D eigenvalue weighted by Crippen LogP contribution is -2.31. The van der Waals surface area contributed by atoms with Gasteiger partial charge in [-0.3, -0.25) is 14.4 Å². The first-order valence-electron chi connectivity index (χ1n) is 9.73. The van der Waals surface area contributed by atoms with Crippen molar-refractivity contribution in [1.29, 1.82) is 0 Å². The van der Waals surface area contributed by atoms with Gasteiger partial charge < -0.3 is 29.6 Å². The Morgan fingerprint density at radius 1 is 0.786 bits per heavy atom. The molecule has 0 saturated carbocycles. The van der Waals surface area contributed by atoms with Gasteiger partial charge in [-0.15, -0.1) is 0 Å². The van der Waals surface area contributed by atoms with Crippen LogP contribution in [0, 0.1) is 5.92 Å². The second kappa shape index (κ2) is 18.8. The maximum absolute atomic E-state index is 11.6. The van der Waals surface area contributed by atoms with Crippen molar-refractivity contribution in [2.45, 2.75) is 33.1 Å². The molecule has 164 valence electrons. The van der Waals surface area contributed by atoms with Crippen LogP contribution in [0.25, 0.3) is 0 Å². The van der Waals surface area contributed by atoms with Gasteiger partial charge in [-0.05, 0) is 19.8 Å². The van der Waals surface area contributed by atoms with E-state index in [2.05, 4.69) is 10.6 Å². The lowest BCUT2D eigenvalue weighted by molar-refractivity contribution is -0.127. The van der Waals surface area contributed by atoms with Crippen LogP contribution in [0.1, 0.15) is 33.1 Å². The van der Waals surface area contributed by atoms with Crippen LogP contribution in [0.2, 0.25) is 0 Å². The molecule has 0 aromatic heterocycles. The van der Waals surface area contributed by atoms with Crippen molar-refractivity contribution >= 4 is 17.6 Å². The minimum absolute atomic E-state index is 0.00264. The third kappa shape index (κ3) is 17.8. The molecule has 1 atom stereocenters. The van der Waals surface area contributed by atoms with Gasteiger partial charge in [0, 0.05) is 26.1 Å². The van der Waals surface area contributed by atoms with Gasteiger partial charge in [0.25, 0.3) is 0 Å². The number of ketones is 1. The zero-order chi connectivity index (χ0) is 21.0. The summed E-state index contributed by atoms with van der Waals surface area (Å²) < 4.78 is 20.4. The number of hydrogen-bond donors (Lipinski definition) is 2. The number of nitrogens with one attached hydrogen (secondary N) is 2. The van der Waals surface area contributed by atoms with Crippen molar-refractivity contribution < 1.29 is 33.3 Å². The summed E-state index contributed by atoms with van der Waals surface area (Å²) in [7, 11) is 1.57. The van der Waals surface area contributed by atoms with Crippen molar-refractivity contribution in [3.63, 3.8) is 0 Å². The number of carbonyl (C=O) groups excluding carboxylic acids is 3. The molecule has 0 aromatic rings. The number of ether oxygens (including phenoxy) is 4. The molecular weight excluding hydrogens is 368 g/mol. The molecule has 0 aromatic carbocycles. The Kier molecular flexibility index (Phi) is 17.8. The summed E-state index contributed by atoms with van der Waals surface area (Å²) in [6.45, 7) is 6.31. The molecule has 2 amide bonds. The molecule has 9 heteroatoms. The molecule has 0 aliphatic carbocycles. The molecule has 0 aliphatic heterocycles. The quantitative estimate of drug-likeness (QED) is 0.298. The number of amides is 2. The molecule has 9 nitrogen and oxygen atoms in total. The fourth-order valence-corrected chi connectivity index (χ4v) is 2.06. The van der Waals surface area contributed by atoms with Gasteiger partial charge in [-0.2, -0.15) is 0 Å². The summed E-state index contributed by atoms with van der Waals surface area (Å²) in [6, 6.07) is 0. The standard InChI is InChI=1S/C19H36N2O7/c1-16(17(2)22)6-4-5-7-20-18(23)14-28-13-12-26-9-8-21-19(24)15-27-11-10-25-3/h16H,4-15H2,1-3H3,(H,20,23)(H,21,24)/t16-/m0/s1. The third-order valence-electron chi connectivity index (χ3n) is 3.92. The van der Waals surface area contributed by atoms with Gasteiger partial charge in [0.15, 0.2) is 0 Å². The van der Waals surface area contributed by atoms with Crippen molar-refractivity contribution in [2.24, 2.45) is 5.92 Å². The van der Waals surface area contributed by atoms with E-state index in [0.717, 1.165) is 19.3 Å². The number of methoxy groups -OCH3 is 1. The normalized spacial score (nSPS) is 11.8. The summed E-state index contributed by atoms with van der Waals surface area (Å²) in [5.74, 6) is -0.0840. The van der Waals surface area contributed by atoms with E-state index in [1.54, 1.807) is 14.0 Å². The zero-order valence-corrected chi connectivity index (χ0v) is 17.4. The van der Waals surface area contributed by atoms with E-state index >= 15 is 0 Å². The lowest BCUT2D eigenvalue weighted by atomic mass is 10.0. The van der Waals surface area contributed by atoms with E-state index in [-0.39, 0.29) is 36.7 Å². The number of unbranched alkanes of at least 4 members (excludes halogenated alkanes) is 1. The van der Waals surface area contributed by atoms with E-state index in [1.807, 2.05) is 6.92 Å². The van der Waals surface area contributed by atoms with Crippen LogP contribution in [0.15, 0.2) is 0 Å². The van der Waals surface area contributed by atoms with E-state index < -0.39 is 0 Å². The minimum Gasteiger partial charge on any atom is -0.382 e. The van der Waals surface area contributed by atoms with Crippen LogP contribution in [0.3, 0.4) is 0 Å². The third-order valence-corrected chi connectivity index (χ3v) is 3.92. The van der Waals surface area contributed by atoms with Crippen LogP contribution < -0.4 is 10.6 Å². The molecule has 0 bridgehead atoms. The largest absolute Gasteiger partial charge is 0.382 e. The first-order valence-corrected chi connectivity index (χ1v) is 9.73. The molecule has 0 aliphatic rings. The summed E-state index contributed by atoms with van der Waals surface area (Å²) in [5, 5.41) is 5.44. The molecule has 0 rings (SSSR count). The number of rotatable bonds is 19. The van der Waals surface area contributed by atoms with Gasteiger partial charge in [0.05, 0.1) is 33.0 Å². The zero-order valence-electron chi connectivity index (χ0n) is 17.4. The van der Waals surface area contributed by atoms with Crippen LogP contribution in [0.5, 0.6) is 0 Å². The molecule has 0 fully saturated rings. The van der Waals surface area contributed by atoms with E-state index in [4.69, 9.17) is 18.9 Å². The fourth-order valence-electron chi connectivity index (χ4n) is 2.06. The Balaban J connectivity index is 3.34. The van der Waals surface area contributed by atoms with Gasteiger partial charge >= 0.3 is 0 Å². The molecular formula is C19H36N2O7. The Morgan fingerprint density at radius 2 is 1.36 bits per heavy atom. The Labute approximate surface area is 167 Å². The van der Waals surface area contributed by atoms with Gasteiger partial charge in [0.1, 0.15) is 19.0 Å². The van der Waals surface area contributed by atoms with Crippen molar-refractivity contribution in [1.82, 2.24) is 10.6 Å². The van der Waals surface area contributed by atoms with Crippen LogP contribution >= 0.6 is 0 Å². The summed E-state index contributed by atoms with van der Waals surface area (Å²) >= 11 is 0. The fraction of sp³-hybridized carbons (Fsp3) is 0.842. The average Bonchev–Trinajstić information content (AvgIpc) is 2.66. The summed E-state index contributed by atoms with van der Waals surface area (Å²) in [6.07, 6.45) is 2.60. The predicted molar refractivity (Wildman–Crippen MR) is 104 cm³/mol. The maximum Gasteiger partial charge on any atom is 0.246 e. The molecule has 28 heavy (non-hydrogen) atoms. The van der Waals surface area contributed by atoms with E-state index in [0.29, 0.717) is 46.1 Å². The van der Waals surface area contributed by atoms with Crippen LogP contribution in [0.4, 0.5) is 0 Å². The van der Waals surface area contributed by atoms with Crippen LogP contribution in [-0.2, 0) is 33.3 Å². The minimum atomic E-state index is -0.205. The highest BCUT2D eigenvalue weighted by atomic mass is 16.5. The van der Waals surface area contributed by atoms with Gasteiger partial charge in [0.2, 0.25) is 11.8 Å². The summed E-state index contributed by atoms with van der Waals surface area (Å²) in [5.41, 5.74) is 0. The smallest absolute Gasteiger partial charge is 0.246 e. The van der Waals surface area contributed by atoms with Gasteiger partial charge in [-0.25, -0.2) is 0 Å². The SMILES string of the molecule is COCCOCC(=O)NCCOCCOCC(=O)NCCCC[C@H](C)C(C)=O. The molecule has 0 heterocycles. The topological polar surface area (TPSA) is 112 Å². The Bertz CT molecular complexity index is 433. The van der Waals surface area contributed by atoms with Crippen molar-refractivity contribution in [3.05, 3.63) is 0 Å². The highest BCUT2D eigenvalue weighted by Crippen LogP contribution is 2.07. The van der Waals surface area contributed by atoms with E-state index in [9.17, 15) is 14.4 Å². The first kappa shape index (κ1) is 26.4. The maximum atomic E-state index is 11.6. The van der Waals surface area contributed by atoms with E-state index in [1.165, 1.54) is 0 Å². The number of Topliss-reactive ketones (excluding diaryl/α,β-unsaturated/α-hetero) is 1. The average molecular weight is 405 g/mol. The number of hydrogen-bond acceptors (Lipinski definition) is 7. The molecule has 0 radical (unpaired) electrons. The summed E-state index contributed by atoms with van der Waals surface area (Å²) in [4.78, 5) is 34.1. The Hall–Kier alpha value is -1.55. The van der Waals surface area contributed by atoms with Crippen LogP contribution in [-0.4, -0.2) is 84.0 Å². The first-order chi connectivity index (χ1) is 13.5. The number of carbonyl (C=O) groups is 3. The second-order valence-corrected chi connectivity index (χ2v) is 6.42. The van der Waals surface area contributed by atoms with Gasteiger partial charge in [-0.1, -0.05) is 13.3 Å². The molecule has 0 unspecified atom stereocenters.